The minimum atomic E-state index is -0.449. The molecule has 0 spiro atoms. The molecular formula is C24H22N8O3. The maximum Gasteiger partial charge on any atom is 0.315 e. The number of hydrogen-bond acceptors (Lipinski definition) is 8. The molecular weight excluding hydrogens is 448 g/mol. The Labute approximate surface area is 199 Å². The van der Waals surface area contributed by atoms with Gasteiger partial charge in [0.2, 0.25) is 5.82 Å². The maximum absolute atomic E-state index is 12.6. The Morgan fingerprint density at radius 3 is 2.49 bits per heavy atom. The Bertz CT molecular complexity index is 1570. The van der Waals surface area contributed by atoms with Crippen LogP contribution in [0.15, 0.2) is 53.3 Å². The average molecular weight is 470 g/mol. The van der Waals surface area contributed by atoms with E-state index in [0.717, 1.165) is 22.3 Å². The molecule has 0 radical (unpaired) electrons. The van der Waals surface area contributed by atoms with Gasteiger partial charge in [0.25, 0.3) is 11.4 Å². The smallest absolute Gasteiger partial charge is 0.315 e. The van der Waals surface area contributed by atoms with E-state index in [-0.39, 0.29) is 17.3 Å². The van der Waals surface area contributed by atoms with Gasteiger partial charge in [-0.25, -0.2) is 10.1 Å². The summed E-state index contributed by atoms with van der Waals surface area (Å²) < 4.78 is 7.14. The number of fused-ring (bicyclic) bond motifs is 1. The van der Waals surface area contributed by atoms with Crippen molar-refractivity contribution in [1.29, 1.82) is 0 Å². The van der Waals surface area contributed by atoms with Crippen LogP contribution in [0.2, 0.25) is 0 Å². The first-order valence-corrected chi connectivity index (χ1v) is 11.0. The molecule has 3 aromatic heterocycles. The van der Waals surface area contributed by atoms with Gasteiger partial charge in [-0.15, -0.1) is 15.3 Å². The van der Waals surface area contributed by atoms with Crippen LogP contribution >= 0.6 is 0 Å². The zero-order chi connectivity index (χ0) is 24.5. The molecule has 0 atom stereocenters. The minimum Gasteiger partial charge on any atom is -0.403 e. The van der Waals surface area contributed by atoms with Crippen LogP contribution in [0.4, 0.5) is 0 Å². The summed E-state index contributed by atoms with van der Waals surface area (Å²) in [5, 5.41) is 20.6. The molecule has 35 heavy (non-hydrogen) atoms. The topological polar surface area (TPSA) is 144 Å². The van der Waals surface area contributed by atoms with Gasteiger partial charge < -0.3 is 9.30 Å². The Hall–Kier alpha value is -4.67. The first kappa shape index (κ1) is 22.1. The first-order valence-electron chi connectivity index (χ1n) is 11.0. The summed E-state index contributed by atoms with van der Waals surface area (Å²) >= 11 is 0. The van der Waals surface area contributed by atoms with Gasteiger partial charge in [0.15, 0.2) is 5.52 Å². The van der Waals surface area contributed by atoms with E-state index in [1.54, 1.807) is 25.3 Å². The van der Waals surface area contributed by atoms with Crippen LogP contribution in [0, 0.1) is 12.8 Å². The number of nitrogens with zero attached hydrogens (tertiary/aromatic N) is 6. The third kappa shape index (κ3) is 4.19. The zero-order valence-electron chi connectivity index (χ0n) is 19.3. The summed E-state index contributed by atoms with van der Waals surface area (Å²) in [5.41, 5.74) is 3.95. The highest BCUT2D eigenvalue weighted by Gasteiger charge is 2.20. The summed E-state index contributed by atoms with van der Waals surface area (Å²) in [6.45, 7) is 5.64. The molecule has 0 bridgehead atoms. The fourth-order valence-corrected chi connectivity index (χ4v) is 3.81. The molecule has 2 aromatic carbocycles. The molecule has 11 heteroatoms. The Balaban J connectivity index is 1.48. The number of H-pyrrole nitrogens is 2. The van der Waals surface area contributed by atoms with Gasteiger partial charge in [-0.3, -0.25) is 9.59 Å². The second-order valence-electron chi connectivity index (χ2n) is 8.35. The lowest BCUT2D eigenvalue weighted by molar-refractivity contribution is -0.138. The van der Waals surface area contributed by atoms with Crippen LogP contribution in [0.1, 0.15) is 25.2 Å². The van der Waals surface area contributed by atoms with Gasteiger partial charge >= 0.3 is 5.97 Å². The second-order valence-corrected chi connectivity index (χ2v) is 8.35. The molecule has 0 fully saturated rings. The number of rotatable bonds is 6. The summed E-state index contributed by atoms with van der Waals surface area (Å²) in [4.78, 5) is 29.2. The highest BCUT2D eigenvalue weighted by molar-refractivity contribution is 5.84. The molecule has 0 aliphatic rings. The third-order valence-electron chi connectivity index (χ3n) is 5.62. The lowest BCUT2D eigenvalue weighted by Gasteiger charge is -2.10. The molecule has 0 saturated heterocycles. The lowest BCUT2D eigenvalue weighted by Crippen LogP contribution is -2.19. The van der Waals surface area contributed by atoms with Crippen molar-refractivity contribution < 1.29 is 9.53 Å². The van der Waals surface area contributed by atoms with E-state index in [4.69, 9.17) is 4.74 Å². The average Bonchev–Trinajstić information content (AvgIpc) is 3.50. The molecule has 5 rings (SSSR count). The number of esters is 1. The van der Waals surface area contributed by atoms with Crippen molar-refractivity contribution in [1.82, 2.24) is 40.4 Å². The van der Waals surface area contributed by atoms with Gasteiger partial charge in [0.1, 0.15) is 11.3 Å². The van der Waals surface area contributed by atoms with Gasteiger partial charge in [-0.2, -0.15) is 5.21 Å². The Morgan fingerprint density at radius 2 is 1.80 bits per heavy atom. The number of ether oxygens (including phenoxy) is 1. The van der Waals surface area contributed by atoms with Crippen molar-refractivity contribution in [3.8, 4) is 28.4 Å². The summed E-state index contributed by atoms with van der Waals surface area (Å²) in [6.07, 6.45) is 0. The van der Waals surface area contributed by atoms with E-state index in [1.807, 2.05) is 48.5 Å². The van der Waals surface area contributed by atoms with Gasteiger partial charge in [0.05, 0.1) is 5.92 Å². The van der Waals surface area contributed by atoms with Gasteiger partial charge in [-0.05, 0) is 28.8 Å². The van der Waals surface area contributed by atoms with E-state index in [0.29, 0.717) is 23.7 Å². The fourth-order valence-electron chi connectivity index (χ4n) is 3.81. The van der Waals surface area contributed by atoms with Crippen molar-refractivity contribution in [2.45, 2.75) is 27.3 Å². The molecule has 5 aromatic rings. The second kappa shape index (κ2) is 8.93. The monoisotopic (exact) mass is 470 g/mol. The normalized spacial score (nSPS) is 11.3. The number of tetrazole rings is 1. The largest absolute Gasteiger partial charge is 0.403 e. The molecule has 3 heterocycles. The van der Waals surface area contributed by atoms with Crippen molar-refractivity contribution in [2.75, 3.05) is 0 Å². The van der Waals surface area contributed by atoms with Crippen molar-refractivity contribution in [2.24, 2.45) is 5.92 Å². The highest BCUT2D eigenvalue weighted by Crippen LogP contribution is 2.30. The maximum atomic E-state index is 12.6. The van der Waals surface area contributed by atoms with E-state index in [1.165, 1.54) is 0 Å². The zero-order valence-corrected chi connectivity index (χ0v) is 19.3. The van der Waals surface area contributed by atoms with Crippen LogP contribution in [0.3, 0.4) is 0 Å². The highest BCUT2D eigenvalue weighted by atomic mass is 16.5. The number of aromatic nitrogens is 8. The van der Waals surface area contributed by atoms with Crippen LogP contribution in [0.5, 0.6) is 5.88 Å². The number of aryl methyl sites for hydroxylation is 1. The number of imidazole rings is 1. The third-order valence-corrected chi connectivity index (χ3v) is 5.62. The fraction of sp³-hybridized carbons (Fsp3) is 0.208. The van der Waals surface area contributed by atoms with Gasteiger partial charge in [-0.1, -0.05) is 62.4 Å². The number of carbonyl (C=O) groups excluding carboxylic acids is 1. The van der Waals surface area contributed by atoms with E-state index in [9.17, 15) is 9.59 Å². The Morgan fingerprint density at radius 1 is 1.06 bits per heavy atom. The summed E-state index contributed by atoms with van der Waals surface area (Å²) in [7, 11) is 0. The lowest BCUT2D eigenvalue weighted by atomic mass is 9.98. The summed E-state index contributed by atoms with van der Waals surface area (Å²) in [5.74, 6) is 0.327. The van der Waals surface area contributed by atoms with E-state index in [2.05, 4.69) is 35.8 Å². The number of carbonyl (C=O) groups is 1. The predicted octanol–water partition coefficient (Wildman–Crippen LogP) is 2.88. The number of hydrogen-bond donors (Lipinski definition) is 2. The molecule has 0 amide bonds. The van der Waals surface area contributed by atoms with Gasteiger partial charge in [0, 0.05) is 12.1 Å². The molecule has 0 saturated carbocycles. The molecule has 0 aliphatic carbocycles. The van der Waals surface area contributed by atoms with Crippen molar-refractivity contribution in [3.05, 3.63) is 70.3 Å². The standard InChI is InChI=1S/C24H22N8O3/c1-13(2)24(34)35-23-19-20(22(33)28-29-23)32(14(3)25-19)12-15-8-10-16(11-9-15)17-6-4-5-7-18(17)21-26-30-31-27-21/h4-11,13H,12H2,1-3H3,(H,28,33)(H,26,27,30,31). The number of aromatic amines is 2. The first-order chi connectivity index (χ1) is 16.9. The van der Waals surface area contributed by atoms with Crippen LogP contribution in [0.25, 0.3) is 33.5 Å². The molecule has 0 unspecified atom stereocenters. The SMILES string of the molecule is Cc1nc2c(OC(=O)C(C)C)n[nH]c(=O)c2n1Cc1ccc(-c2ccccc2-c2nn[nH]n2)cc1. The van der Waals surface area contributed by atoms with Crippen LogP contribution < -0.4 is 10.3 Å². The van der Waals surface area contributed by atoms with E-state index < -0.39 is 11.5 Å². The van der Waals surface area contributed by atoms with Crippen molar-refractivity contribution >= 4 is 17.0 Å². The van der Waals surface area contributed by atoms with Crippen LogP contribution in [-0.4, -0.2) is 46.3 Å². The van der Waals surface area contributed by atoms with Crippen molar-refractivity contribution in [3.63, 3.8) is 0 Å². The van der Waals surface area contributed by atoms with Crippen LogP contribution in [-0.2, 0) is 11.3 Å². The number of benzene rings is 2. The quantitative estimate of drug-likeness (QED) is 0.361. The van der Waals surface area contributed by atoms with E-state index >= 15 is 0 Å². The Kier molecular flexibility index (Phi) is 5.65. The molecule has 0 aliphatic heterocycles. The molecule has 2 N–H and O–H groups in total. The molecule has 11 nitrogen and oxygen atoms in total. The number of nitrogens with one attached hydrogen (secondary N) is 2. The minimum absolute atomic E-state index is 0.00595. The predicted molar refractivity (Wildman–Crippen MR) is 128 cm³/mol. The molecule has 176 valence electrons. The summed E-state index contributed by atoms with van der Waals surface area (Å²) in [6, 6.07) is 15.8.